The van der Waals surface area contributed by atoms with Gasteiger partial charge in [0, 0.05) is 23.7 Å². The van der Waals surface area contributed by atoms with E-state index in [1.165, 1.54) is 12.1 Å². The number of Topliss-reactive ketones (excluding diaryl/α,β-unsaturated/α-hetero) is 1. The van der Waals surface area contributed by atoms with Crippen molar-refractivity contribution in [3.8, 4) is 0 Å². The van der Waals surface area contributed by atoms with Crippen LogP contribution in [0.1, 0.15) is 65.4 Å². The second-order valence-electron chi connectivity index (χ2n) is 12.9. The van der Waals surface area contributed by atoms with E-state index in [0.29, 0.717) is 19.4 Å². The fourth-order valence-corrected chi connectivity index (χ4v) is 9.71. The Balaban J connectivity index is 1.67. The Labute approximate surface area is 225 Å². The lowest BCUT2D eigenvalue weighted by molar-refractivity contribution is -0.201. The summed E-state index contributed by atoms with van der Waals surface area (Å²) in [6.07, 6.45) is -0.100. The van der Waals surface area contributed by atoms with Crippen LogP contribution in [0.15, 0.2) is 29.2 Å². The number of benzene rings is 1. The average molecular weight is 549 g/mol. The summed E-state index contributed by atoms with van der Waals surface area (Å²) in [5.74, 6) is -2.87. The molecule has 1 heterocycles. The summed E-state index contributed by atoms with van der Waals surface area (Å²) in [6, 6.07) is 6.09. The minimum Gasteiger partial charge on any atom is -0.479 e. The van der Waals surface area contributed by atoms with Crippen LogP contribution in [0.2, 0.25) is 0 Å². The zero-order valence-corrected chi connectivity index (χ0v) is 23.7. The predicted molar refractivity (Wildman–Crippen MR) is 139 cm³/mol. The third-order valence-corrected chi connectivity index (χ3v) is 12.5. The molecule has 2 N–H and O–H groups in total. The molecule has 0 radical (unpaired) electrons. The first kappa shape index (κ1) is 27.7. The lowest BCUT2D eigenvalue weighted by atomic mass is 9.41. The van der Waals surface area contributed by atoms with Crippen molar-refractivity contribution in [2.24, 2.45) is 39.9 Å². The Hall–Kier alpha value is -1.81. The highest BCUT2D eigenvalue weighted by atomic mass is 32.2. The van der Waals surface area contributed by atoms with Crippen molar-refractivity contribution in [3.05, 3.63) is 29.8 Å². The van der Waals surface area contributed by atoms with Gasteiger partial charge in [-0.05, 0) is 67.4 Å². The molecule has 1 aromatic rings. The minimum atomic E-state index is -4.43. The van der Waals surface area contributed by atoms with Gasteiger partial charge >= 0.3 is 5.97 Å². The Kier molecular flexibility index (Phi) is 6.65. The van der Waals surface area contributed by atoms with Crippen LogP contribution in [-0.4, -0.2) is 55.3 Å². The maximum absolute atomic E-state index is 13.7. The molecule has 4 aliphatic rings. The van der Waals surface area contributed by atoms with Gasteiger partial charge in [-0.25, -0.2) is 4.79 Å². The van der Waals surface area contributed by atoms with E-state index in [1.54, 1.807) is 12.1 Å². The molecule has 1 unspecified atom stereocenters. The maximum Gasteiger partial charge on any atom is 0.334 e. The van der Waals surface area contributed by atoms with Crippen LogP contribution in [0, 0.1) is 46.8 Å². The summed E-state index contributed by atoms with van der Waals surface area (Å²) in [4.78, 5) is 26.5. The van der Waals surface area contributed by atoms with Crippen molar-refractivity contribution in [3.63, 3.8) is 0 Å². The normalized spacial score (nSPS) is 43.6. The van der Waals surface area contributed by atoms with Crippen molar-refractivity contribution in [1.82, 2.24) is 0 Å². The van der Waals surface area contributed by atoms with E-state index in [-0.39, 0.29) is 35.0 Å². The Morgan fingerprint density at radius 2 is 1.79 bits per heavy atom. The number of hydrogen-bond donors (Lipinski definition) is 2. The molecule has 3 saturated carbocycles. The van der Waals surface area contributed by atoms with Crippen molar-refractivity contribution < 1.29 is 37.1 Å². The molecule has 9 heteroatoms. The number of carbonyl (C=O) groups excluding carboxylic acids is 1. The molecule has 2 bridgehead atoms. The number of carboxylic acids is 1. The van der Waals surface area contributed by atoms with E-state index in [1.807, 2.05) is 34.6 Å². The molecule has 8 nitrogen and oxygen atoms in total. The topological polar surface area (TPSA) is 130 Å². The molecule has 10 atom stereocenters. The van der Waals surface area contributed by atoms with Crippen LogP contribution in [-0.2, 0) is 28.6 Å². The third kappa shape index (κ3) is 3.99. The second kappa shape index (κ2) is 9.11. The summed E-state index contributed by atoms with van der Waals surface area (Å²) in [5.41, 5.74) is -1.29. The molecule has 1 aliphatic heterocycles. The average Bonchev–Trinajstić information content (AvgIpc) is 3.66. The van der Waals surface area contributed by atoms with Crippen LogP contribution in [0.5, 0.6) is 0 Å². The SMILES string of the molecule is Cc1ccc(S(=O)(=O)OC(C(=O)O)[C@@H]2C[C@@](C)([C@@H]3CO3)[C@@H](O)[C@H](C)[C@]34CCC(=O)[C@H]3[C@]2(C)[C@H](C)CC4)cc1. The van der Waals surface area contributed by atoms with E-state index in [9.17, 15) is 28.2 Å². The van der Waals surface area contributed by atoms with Crippen molar-refractivity contribution in [1.29, 1.82) is 0 Å². The number of hydrogen-bond acceptors (Lipinski definition) is 7. The number of carboxylic acid groups (broad SMARTS) is 1. The molecular weight excluding hydrogens is 508 g/mol. The van der Waals surface area contributed by atoms with E-state index in [0.717, 1.165) is 18.4 Å². The molecule has 38 heavy (non-hydrogen) atoms. The number of ether oxygens (including phenoxy) is 1. The third-order valence-electron chi connectivity index (χ3n) is 11.2. The van der Waals surface area contributed by atoms with Gasteiger partial charge in [0.2, 0.25) is 0 Å². The van der Waals surface area contributed by atoms with Gasteiger partial charge in [0.25, 0.3) is 10.1 Å². The molecule has 0 aromatic heterocycles. The smallest absolute Gasteiger partial charge is 0.334 e. The number of aliphatic hydroxyl groups excluding tert-OH is 1. The fraction of sp³-hybridized carbons (Fsp3) is 0.724. The van der Waals surface area contributed by atoms with Gasteiger partial charge in [-0.15, -0.1) is 0 Å². The van der Waals surface area contributed by atoms with Crippen LogP contribution in [0.4, 0.5) is 0 Å². The summed E-state index contributed by atoms with van der Waals surface area (Å²) < 4.78 is 38.2. The number of aliphatic hydroxyl groups is 1. The molecule has 4 fully saturated rings. The van der Waals surface area contributed by atoms with E-state index >= 15 is 0 Å². The van der Waals surface area contributed by atoms with Crippen LogP contribution < -0.4 is 0 Å². The molecular formula is C29H40O8S. The molecule has 1 aromatic carbocycles. The molecule has 0 amide bonds. The van der Waals surface area contributed by atoms with Crippen molar-refractivity contribution >= 4 is 21.9 Å². The fourth-order valence-electron chi connectivity index (χ4n) is 8.64. The maximum atomic E-state index is 13.7. The summed E-state index contributed by atoms with van der Waals surface area (Å²) in [6.45, 7) is 10.2. The van der Waals surface area contributed by atoms with Gasteiger partial charge in [-0.3, -0.25) is 8.98 Å². The highest BCUT2D eigenvalue weighted by Crippen LogP contribution is 2.70. The van der Waals surface area contributed by atoms with Gasteiger partial charge < -0.3 is 14.9 Å². The molecule has 210 valence electrons. The molecule has 5 rings (SSSR count). The predicted octanol–water partition coefficient (Wildman–Crippen LogP) is 3.98. The van der Waals surface area contributed by atoms with Crippen LogP contribution in [0.25, 0.3) is 0 Å². The Morgan fingerprint density at radius 1 is 1.16 bits per heavy atom. The molecule has 0 spiro atoms. The summed E-state index contributed by atoms with van der Waals surface area (Å²) >= 11 is 0. The first-order valence-corrected chi connectivity index (χ1v) is 15.1. The first-order valence-electron chi connectivity index (χ1n) is 13.7. The largest absolute Gasteiger partial charge is 0.479 e. The monoisotopic (exact) mass is 548 g/mol. The molecule has 1 saturated heterocycles. The highest BCUT2D eigenvalue weighted by molar-refractivity contribution is 7.86. The van der Waals surface area contributed by atoms with Crippen LogP contribution >= 0.6 is 0 Å². The number of epoxide rings is 1. The second-order valence-corrected chi connectivity index (χ2v) is 14.5. The van der Waals surface area contributed by atoms with E-state index in [2.05, 4.69) is 0 Å². The highest BCUT2D eigenvalue weighted by Gasteiger charge is 2.70. The van der Waals surface area contributed by atoms with Gasteiger partial charge in [0.1, 0.15) is 5.78 Å². The number of aryl methyl sites for hydroxylation is 1. The first-order chi connectivity index (χ1) is 17.7. The Morgan fingerprint density at radius 3 is 2.37 bits per heavy atom. The quantitative estimate of drug-likeness (QED) is 0.403. The molecule has 3 aliphatic carbocycles. The van der Waals surface area contributed by atoms with Gasteiger partial charge in [-0.2, -0.15) is 8.42 Å². The lowest BCUT2D eigenvalue weighted by Gasteiger charge is -2.63. The standard InChI is InChI=1S/C29H40O8S/c1-16-6-8-19(9-7-16)38(34,35)37-23(26(32)33)20-14-27(4,22-15-36-22)25(31)18(3)29-12-10-17(2)28(20,5)24(29)21(30)11-13-29/h6-9,17-18,20,22-25,31H,10-15H2,1-5H3,(H,32,33)/t17-,18+,20+,22+,23?,24+,25+,27+,28-,29+/m1/s1. The van der Waals surface area contributed by atoms with E-state index < -0.39 is 56.4 Å². The number of carbonyl (C=O) groups is 2. The van der Waals surface area contributed by atoms with Crippen LogP contribution in [0.3, 0.4) is 0 Å². The van der Waals surface area contributed by atoms with Gasteiger partial charge in [-0.1, -0.05) is 45.4 Å². The lowest BCUT2D eigenvalue weighted by Crippen LogP contribution is -2.64. The van der Waals surface area contributed by atoms with Crippen molar-refractivity contribution in [2.45, 2.75) is 89.9 Å². The number of rotatable bonds is 6. The summed E-state index contributed by atoms with van der Waals surface area (Å²) in [5, 5.41) is 22.4. The van der Waals surface area contributed by atoms with E-state index in [4.69, 9.17) is 8.92 Å². The minimum absolute atomic E-state index is 0.0491. The van der Waals surface area contributed by atoms with Crippen molar-refractivity contribution in [2.75, 3.05) is 6.61 Å². The zero-order chi connectivity index (χ0) is 27.8. The summed E-state index contributed by atoms with van der Waals surface area (Å²) in [7, 11) is -4.43. The number of aliphatic carboxylic acids is 1. The number of ketones is 1. The van der Waals surface area contributed by atoms with Gasteiger partial charge in [0.15, 0.2) is 6.10 Å². The zero-order valence-electron chi connectivity index (χ0n) is 22.8. The Bertz CT molecular complexity index is 1220. The van der Waals surface area contributed by atoms with Gasteiger partial charge in [0.05, 0.1) is 23.7 Å².